The molecule has 0 unspecified atom stereocenters. The van der Waals surface area contributed by atoms with Crippen molar-refractivity contribution in [1.29, 1.82) is 0 Å². The van der Waals surface area contributed by atoms with Crippen LogP contribution in [0.3, 0.4) is 0 Å². The standard InChI is InChI=1S/C14H19N3.2ClH/c1-16-9-7-13(8-10-16)15-17-11-6-12-4-2-3-5-14(12)17;;/h2-6,11,13,15H,7-10H2,1H3;2*1H. The van der Waals surface area contributed by atoms with Crippen molar-refractivity contribution in [3.63, 3.8) is 0 Å². The second kappa shape index (κ2) is 7.04. The summed E-state index contributed by atoms with van der Waals surface area (Å²) in [5.41, 5.74) is 4.88. The summed E-state index contributed by atoms with van der Waals surface area (Å²) in [7, 11) is 2.20. The molecule has 1 aromatic carbocycles. The molecule has 1 aliphatic rings. The molecule has 0 aliphatic carbocycles. The molecule has 2 aromatic rings. The van der Waals surface area contributed by atoms with Gasteiger partial charge < -0.3 is 10.3 Å². The van der Waals surface area contributed by atoms with Gasteiger partial charge in [-0.05, 0) is 45.1 Å². The van der Waals surface area contributed by atoms with E-state index in [0.717, 1.165) is 0 Å². The topological polar surface area (TPSA) is 20.2 Å². The molecule has 1 aliphatic heterocycles. The van der Waals surface area contributed by atoms with E-state index in [1.807, 2.05) is 0 Å². The monoisotopic (exact) mass is 301 g/mol. The molecule has 2 heterocycles. The summed E-state index contributed by atoms with van der Waals surface area (Å²) in [5, 5.41) is 1.30. The van der Waals surface area contributed by atoms with Crippen LogP contribution in [-0.2, 0) is 0 Å². The zero-order chi connectivity index (χ0) is 11.7. The lowest BCUT2D eigenvalue weighted by atomic mass is 10.1. The average Bonchev–Trinajstić information content (AvgIpc) is 2.76. The van der Waals surface area contributed by atoms with Gasteiger partial charge in [-0.1, -0.05) is 18.2 Å². The Kier molecular flexibility index (Phi) is 5.98. The molecule has 0 atom stereocenters. The minimum absolute atomic E-state index is 0. The molecule has 0 saturated carbocycles. The summed E-state index contributed by atoms with van der Waals surface area (Å²) < 4.78 is 2.17. The Hall–Kier alpha value is -0.900. The highest BCUT2D eigenvalue weighted by atomic mass is 35.5. The lowest BCUT2D eigenvalue weighted by Gasteiger charge is -2.30. The minimum atomic E-state index is 0. The Bertz CT molecular complexity index is 504. The largest absolute Gasteiger partial charge is 0.323 e. The Morgan fingerprint density at radius 3 is 2.47 bits per heavy atom. The first-order valence-corrected chi connectivity index (χ1v) is 6.34. The average molecular weight is 302 g/mol. The zero-order valence-corrected chi connectivity index (χ0v) is 12.7. The highest BCUT2D eigenvalue weighted by Gasteiger charge is 2.16. The number of nitrogens with zero attached hydrogens (tertiary/aromatic N) is 2. The molecule has 3 nitrogen and oxygen atoms in total. The maximum absolute atomic E-state index is 3.61. The summed E-state index contributed by atoms with van der Waals surface area (Å²) in [6, 6.07) is 11.3. The van der Waals surface area contributed by atoms with Gasteiger partial charge in [0.2, 0.25) is 0 Å². The maximum atomic E-state index is 3.61. The van der Waals surface area contributed by atoms with E-state index in [1.54, 1.807) is 0 Å². The first kappa shape index (κ1) is 16.2. The van der Waals surface area contributed by atoms with Crippen LogP contribution in [0.4, 0.5) is 0 Å². The number of fused-ring (bicyclic) bond motifs is 1. The number of likely N-dealkylation sites (tertiary alicyclic amines) is 1. The van der Waals surface area contributed by atoms with E-state index in [4.69, 9.17) is 0 Å². The molecule has 0 spiro atoms. The Morgan fingerprint density at radius 2 is 1.74 bits per heavy atom. The quantitative estimate of drug-likeness (QED) is 0.920. The van der Waals surface area contributed by atoms with E-state index in [-0.39, 0.29) is 24.8 Å². The molecule has 1 N–H and O–H groups in total. The van der Waals surface area contributed by atoms with Crippen LogP contribution in [0.1, 0.15) is 12.8 Å². The summed E-state index contributed by atoms with van der Waals surface area (Å²) in [5.74, 6) is 0. The van der Waals surface area contributed by atoms with Crippen molar-refractivity contribution in [2.24, 2.45) is 0 Å². The van der Waals surface area contributed by atoms with Crippen LogP contribution < -0.4 is 5.43 Å². The maximum Gasteiger partial charge on any atom is 0.0692 e. The van der Waals surface area contributed by atoms with Gasteiger partial charge in [0.15, 0.2) is 0 Å². The number of halogens is 2. The second-order valence-electron chi connectivity index (χ2n) is 4.95. The van der Waals surface area contributed by atoms with Crippen LogP contribution in [0.2, 0.25) is 0 Å². The molecule has 1 fully saturated rings. The minimum Gasteiger partial charge on any atom is -0.323 e. The predicted octanol–water partition coefficient (Wildman–Crippen LogP) is 3.12. The first-order chi connectivity index (χ1) is 8.33. The van der Waals surface area contributed by atoms with Crippen LogP contribution in [-0.4, -0.2) is 35.8 Å². The lowest BCUT2D eigenvalue weighted by molar-refractivity contribution is 0.258. The third kappa shape index (κ3) is 3.56. The number of nitrogens with one attached hydrogen (secondary N) is 1. The number of rotatable bonds is 2. The first-order valence-electron chi connectivity index (χ1n) is 6.34. The van der Waals surface area contributed by atoms with Crippen molar-refractivity contribution in [3.8, 4) is 0 Å². The van der Waals surface area contributed by atoms with E-state index in [1.165, 1.54) is 36.8 Å². The smallest absolute Gasteiger partial charge is 0.0692 e. The van der Waals surface area contributed by atoms with E-state index in [2.05, 4.69) is 58.6 Å². The normalized spacial score (nSPS) is 16.7. The molecule has 5 heteroatoms. The summed E-state index contributed by atoms with van der Waals surface area (Å²) in [6.07, 6.45) is 4.58. The van der Waals surface area contributed by atoms with Crippen LogP contribution >= 0.6 is 24.8 Å². The molecule has 19 heavy (non-hydrogen) atoms. The fraction of sp³-hybridized carbons (Fsp3) is 0.429. The molecule has 106 valence electrons. The van der Waals surface area contributed by atoms with Gasteiger partial charge in [-0.25, -0.2) is 0 Å². The third-order valence-corrected chi connectivity index (χ3v) is 3.64. The molecule has 3 rings (SSSR count). The predicted molar refractivity (Wildman–Crippen MR) is 86.3 cm³/mol. The van der Waals surface area contributed by atoms with Crippen molar-refractivity contribution >= 4 is 35.7 Å². The van der Waals surface area contributed by atoms with E-state index in [0.29, 0.717) is 6.04 Å². The number of piperidine rings is 1. The summed E-state index contributed by atoms with van der Waals surface area (Å²) >= 11 is 0. The van der Waals surface area contributed by atoms with Crippen molar-refractivity contribution in [1.82, 2.24) is 9.58 Å². The molecular formula is C14H21Cl2N3. The fourth-order valence-electron chi connectivity index (χ4n) is 2.53. The lowest BCUT2D eigenvalue weighted by Crippen LogP contribution is -2.39. The van der Waals surface area contributed by atoms with Gasteiger partial charge >= 0.3 is 0 Å². The summed E-state index contributed by atoms with van der Waals surface area (Å²) in [4.78, 5) is 2.39. The van der Waals surface area contributed by atoms with Crippen molar-refractivity contribution < 1.29 is 0 Å². The zero-order valence-electron chi connectivity index (χ0n) is 11.1. The van der Waals surface area contributed by atoms with E-state index in [9.17, 15) is 0 Å². The number of hydrogen-bond acceptors (Lipinski definition) is 2. The number of aromatic nitrogens is 1. The van der Waals surface area contributed by atoms with E-state index >= 15 is 0 Å². The SMILES string of the molecule is CN1CCC(Nn2ccc3ccccc32)CC1.Cl.Cl. The van der Waals surface area contributed by atoms with Gasteiger partial charge in [-0.3, -0.25) is 4.68 Å². The highest BCUT2D eigenvalue weighted by molar-refractivity contribution is 5.85. The van der Waals surface area contributed by atoms with Crippen molar-refractivity contribution in [2.45, 2.75) is 18.9 Å². The van der Waals surface area contributed by atoms with Crippen LogP contribution in [0.25, 0.3) is 10.9 Å². The van der Waals surface area contributed by atoms with E-state index < -0.39 is 0 Å². The molecular weight excluding hydrogens is 281 g/mol. The number of benzene rings is 1. The Labute approximate surface area is 126 Å². The Balaban J connectivity index is 0.000000902. The molecule has 0 radical (unpaired) electrons. The summed E-state index contributed by atoms with van der Waals surface area (Å²) in [6.45, 7) is 2.38. The van der Waals surface area contributed by atoms with Gasteiger partial charge in [0.25, 0.3) is 0 Å². The number of hydrogen-bond donors (Lipinski definition) is 1. The van der Waals surface area contributed by atoms with Gasteiger partial charge in [0.05, 0.1) is 5.52 Å². The molecule has 0 amide bonds. The van der Waals surface area contributed by atoms with Crippen LogP contribution in [0.15, 0.2) is 36.5 Å². The highest BCUT2D eigenvalue weighted by Crippen LogP contribution is 2.16. The Morgan fingerprint density at radius 1 is 1.05 bits per heavy atom. The fourth-order valence-corrected chi connectivity index (χ4v) is 2.53. The van der Waals surface area contributed by atoms with Gasteiger partial charge in [-0.2, -0.15) is 0 Å². The van der Waals surface area contributed by atoms with Crippen LogP contribution in [0.5, 0.6) is 0 Å². The van der Waals surface area contributed by atoms with Crippen LogP contribution in [0, 0.1) is 0 Å². The number of para-hydroxylation sites is 1. The van der Waals surface area contributed by atoms with Gasteiger partial charge in [0.1, 0.15) is 0 Å². The second-order valence-corrected chi connectivity index (χ2v) is 4.95. The van der Waals surface area contributed by atoms with Gasteiger partial charge in [0, 0.05) is 17.6 Å². The van der Waals surface area contributed by atoms with Crippen molar-refractivity contribution in [2.75, 3.05) is 25.6 Å². The third-order valence-electron chi connectivity index (χ3n) is 3.64. The van der Waals surface area contributed by atoms with Crippen molar-refractivity contribution in [3.05, 3.63) is 36.5 Å². The molecule has 0 bridgehead atoms. The molecule has 1 saturated heterocycles. The molecule has 1 aromatic heterocycles. The van der Waals surface area contributed by atoms with Gasteiger partial charge in [-0.15, -0.1) is 24.8 Å².